The fourth-order valence-electron chi connectivity index (χ4n) is 1.94. The minimum Gasteiger partial charge on any atom is -0.280 e. The van der Waals surface area contributed by atoms with Crippen molar-refractivity contribution in [2.75, 3.05) is 0 Å². The fourth-order valence-corrected chi connectivity index (χ4v) is 2.47. The summed E-state index contributed by atoms with van der Waals surface area (Å²) in [5.41, 5.74) is 3.03. The van der Waals surface area contributed by atoms with Gasteiger partial charge in [0.05, 0.1) is 13.0 Å². The molecule has 0 aromatic heterocycles. The molecular weight excluding hydrogens is 333 g/mol. The van der Waals surface area contributed by atoms with Crippen LogP contribution in [0.15, 0.2) is 48.6 Å². The van der Waals surface area contributed by atoms with E-state index >= 15 is 0 Å². The number of carbonyl (C=O) groups excluding carboxylic acids is 2. The summed E-state index contributed by atoms with van der Waals surface area (Å²) in [4.78, 5) is 24.7. The second-order valence-electron chi connectivity index (χ2n) is 5.10. The first-order valence-corrected chi connectivity index (χ1v) is 7.73. The van der Waals surface area contributed by atoms with E-state index in [1.807, 2.05) is 6.92 Å². The molecule has 0 fully saturated rings. The lowest BCUT2D eigenvalue weighted by atomic mass is 10.1. The molecule has 0 radical (unpaired) electrons. The van der Waals surface area contributed by atoms with Crippen LogP contribution in [-0.2, 0) is 16.1 Å². The maximum Gasteiger partial charge on any atom is 0.233 e. The summed E-state index contributed by atoms with van der Waals surface area (Å²) in [5, 5.41) is 1.000. The predicted molar refractivity (Wildman–Crippen MR) is 95.5 cm³/mol. The number of benzene rings is 1. The van der Waals surface area contributed by atoms with Crippen LogP contribution in [0.25, 0.3) is 0 Å². The van der Waals surface area contributed by atoms with Gasteiger partial charge in [-0.15, -0.1) is 0 Å². The molecule has 0 saturated carbocycles. The lowest BCUT2D eigenvalue weighted by Gasteiger charge is -2.17. The van der Waals surface area contributed by atoms with Crippen molar-refractivity contribution < 1.29 is 9.59 Å². The molecule has 0 unspecified atom stereocenters. The Balaban J connectivity index is 2.97. The second-order valence-corrected chi connectivity index (χ2v) is 5.92. The maximum absolute atomic E-state index is 12.3. The lowest BCUT2D eigenvalue weighted by Crippen LogP contribution is -2.29. The van der Waals surface area contributed by atoms with E-state index in [-0.39, 0.29) is 18.9 Å². The van der Waals surface area contributed by atoms with E-state index in [0.717, 1.165) is 21.6 Å². The molecule has 0 atom stereocenters. The maximum atomic E-state index is 12.3. The Bertz CT molecular complexity index is 655. The molecule has 5 heteroatoms. The number of carbonyl (C=O) groups is 2. The zero-order valence-corrected chi connectivity index (χ0v) is 14.7. The van der Waals surface area contributed by atoms with E-state index in [9.17, 15) is 9.59 Å². The molecule has 0 aliphatic carbocycles. The van der Waals surface area contributed by atoms with E-state index in [2.05, 4.69) is 13.2 Å². The number of rotatable bonds is 7. The zero-order valence-electron chi connectivity index (χ0n) is 13.2. The zero-order chi connectivity index (χ0) is 17.6. The average Bonchev–Trinajstić information content (AvgIpc) is 2.54. The van der Waals surface area contributed by atoms with Crippen molar-refractivity contribution in [2.24, 2.45) is 0 Å². The van der Waals surface area contributed by atoms with Gasteiger partial charge in [-0.2, -0.15) is 0 Å². The van der Waals surface area contributed by atoms with E-state index in [0.29, 0.717) is 22.0 Å². The van der Waals surface area contributed by atoms with Gasteiger partial charge in [0.2, 0.25) is 12.3 Å². The molecule has 0 bridgehead atoms. The van der Waals surface area contributed by atoms with Gasteiger partial charge in [-0.05, 0) is 48.3 Å². The standard InChI is InChI=1S/C18H19Cl2NO2/c1-5-12(3)15(6-2)9-18(23)21(11-22)10-14-7-16(19)13(4)17(20)8-14/h5-8,11H,1-2,9-10H2,3-4H3/b15-12+. The van der Waals surface area contributed by atoms with Crippen molar-refractivity contribution in [1.82, 2.24) is 4.90 Å². The molecule has 0 spiro atoms. The number of nitrogens with zero attached hydrogens (tertiary/aromatic N) is 1. The van der Waals surface area contributed by atoms with Crippen LogP contribution in [0.1, 0.15) is 24.5 Å². The monoisotopic (exact) mass is 351 g/mol. The predicted octanol–water partition coefficient (Wildman–Crippen LogP) is 4.87. The molecule has 0 N–H and O–H groups in total. The van der Waals surface area contributed by atoms with Crippen LogP contribution >= 0.6 is 23.2 Å². The van der Waals surface area contributed by atoms with Crippen LogP contribution in [0.2, 0.25) is 10.0 Å². The third-order valence-electron chi connectivity index (χ3n) is 3.54. The van der Waals surface area contributed by atoms with Gasteiger partial charge in [0, 0.05) is 10.0 Å². The Kier molecular flexibility index (Phi) is 7.27. The Labute approximate surface area is 146 Å². The molecule has 23 heavy (non-hydrogen) atoms. The van der Waals surface area contributed by atoms with Crippen LogP contribution in [0.5, 0.6) is 0 Å². The van der Waals surface area contributed by atoms with Crippen LogP contribution in [-0.4, -0.2) is 17.2 Å². The number of halogens is 2. The van der Waals surface area contributed by atoms with Crippen molar-refractivity contribution in [3.05, 3.63) is 69.8 Å². The van der Waals surface area contributed by atoms with Crippen molar-refractivity contribution in [3.63, 3.8) is 0 Å². The molecule has 122 valence electrons. The summed E-state index contributed by atoms with van der Waals surface area (Å²) >= 11 is 12.2. The van der Waals surface area contributed by atoms with E-state index in [1.165, 1.54) is 0 Å². The van der Waals surface area contributed by atoms with Crippen LogP contribution in [0.3, 0.4) is 0 Å². The normalized spacial score (nSPS) is 11.5. The Morgan fingerprint density at radius 3 is 2.22 bits per heavy atom. The number of amides is 2. The van der Waals surface area contributed by atoms with E-state index in [1.54, 1.807) is 31.2 Å². The minimum atomic E-state index is -0.330. The van der Waals surface area contributed by atoms with Crippen molar-refractivity contribution in [2.45, 2.75) is 26.8 Å². The van der Waals surface area contributed by atoms with Gasteiger partial charge in [0.25, 0.3) is 0 Å². The molecule has 0 aliphatic heterocycles. The second kappa shape index (κ2) is 8.70. The van der Waals surface area contributed by atoms with E-state index in [4.69, 9.17) is 23.2 Å². The highest BCUT2D eigenvalue weighted by atomic mass is 35.5. The van der Waals surface area contributed by atoms with Crippen LogP contribution in [0.4, 0.5) is 0 Å². The smallest absolute Gasteiger partial charge is 0.233 e. The largest absolute Gasteiger partial charge is 0.280 e. The van der Waals surface area contributed by atoms with Crippen molar-refractivity contribution >= 4 is 35.5 Å². The van der Waals surface area contributed by atoms with Gasteiger partial charge in [0.15, 0.2) is 0 Å². The Morgan fingerprint density at radius 2 is 1.78 bits per heavy atom. The molecule has 1 rings (SSSR count). The van der Waals surface area contributed by atoms with Crippen molar-refractivity contribution in [1.29, 1.82) is 0 Å². The fraction of sp³-hybridized carbons (Fsp3) is 0.222. The summed E-state index contributed by atoms with van der Waals surface area (Å²) in [5.74, 6) is -0.330. The first kappa shape index (κ1) is 19.2. The van der Waals surface area contributed by atoms with Gasteiger partial charge in [-0.25, -0.2) is 0 Å². The quantitative estimate of drug-likeness (QED) is 0.519. The minimum absolute atomic E-state index is 0.0768. The molecule has 0 aliphatic rings. The molecule has 2 amide bonds. The van der Waals surface area contributed by atoms with Crippen molar-refractivity contribution in [3.8, 4) is 0 Å². The van der Waals surface area contributed by atoms with E-state index < -0.39 is 0 Å². The summed E-state index contributed by atoms with van der Waals surface area (Å²) in [6, 6.07) is 3.40. The number of hydrogen-bond acceptors (Lipinski definition) is 2. The highest BCUT2D eigenvalue weighted by molar-refractivity contribution is 6.36. The summed E-state index contributed by atoms with van der Waals surface area (Å²) in [6.07, 6.45) is 3.83. The van der Waals surface area contributed by atoms with Gasteiger partial charge in [0.1, 0.15) is 0 Å². The third-order valence-corrected chi connectivity index (χ3v) is 4.33. The Hall–Kier alpha value is -1.84. The van der Waals surface area contributed by atoms with Crippen LogP contribution in [0, 0.1) is 6.92 Å². The molecule has 3 nitrogen and oxygen atoms in total. The van der Waals surface area contributed by atoms with Gasteiger partial charge < -0.3 is 0 Å². The van der Waals surface area contributed by atoms with Crippen LogP contribution < -0.4 is 0 Å². The van der Waals surface area contributed by atoms with Gasteiger partial charge in [-0.3, -0.25) is 14.5 Å². The van der Waals surface area contributed by atoms with Gasteiger partial charge >= 0.3 is 0 Å². The number of imide groups is 1. The highest BCUT2D eigenvalue weighted by Crippen LogP contribution is 2.26. The summed E-state index contributed by atoms with van der Waals surface area (Å²) in [6.45, 7) is 11.1. The number of allylic oxidation sites excluding steroid dienone is 3. The summed E-state index contributed by atoms with van der Waals surface area (Å²) in [7, 11) is 0. The molecule has 0 saturated heterocycles. The first-order valence-electron chi connectivity index (χ1n) is 6.98. The molecular formula is C18H19Cl2NO2. The topological polar surface area (TPSA) is 37.4 Å². The highest BCUT2D eigenvalue weighted by Gasteiger charge is 2.16. The SMILES string of the molecule is C=C/C(C)=C(\C=C)CC(=O)N(C=O)Cc1cc(Cl)c(C)c(Cl)c1. The first-order chi connectivity index (χ1) is 10.8. The van der Waals surface area contributed by atoms with Gasteiger partial charge in [-0.1, -0.05) is 48.5 Å². The summed E-state index contributed by atoms with van der Waals surface area (Å²) < 4.78 is 0. The molecule has 0 heterocycles. The average molecular weight is 352 g/mol. The third kappa shape index (κ3) is 5.08. The lowest BCUT2D eigenvalue weighted by molar-refractivity contribution is -0.138. The Morgan fingerprint density at radius 1 is 1.22 bits per heavy atom. The number of hydrogen-bond donors (Lipinski definition) is 0. The molecule has 1 aromatic carbocycles. The molecule has 1 aromatic rings.